The van der Waals surface area contributed by atoms with E-state index in [9.17, 15) is 0 Å². The van der Waals surface area contributed by atoms with Crippen molar-refractivity contribution in [3.63, 3.8) is 0 Å². The largest absolute Gasteiger partial charge is 0.396 e. The molecule has 0 aliphatic heterocycles. The van der Waals surface area contributed by atoms with E-state index in [-0.39, 0.29) is 12.6 Å². The maximum atomic E-state index is 8.58. The summed E-state index contributed by atoms with van der Waals surface area (Å²) in [5, 5.41) is 8.58. The van der Waals surface area contributed by atoms with Crippen LogP contribution in [0.3, 0.4) is 0 Å². The molecule has 80 valence electrons. The molecule has 0 aromatic carbocycles. The van der Waals surface area contributed by atoms with Gasteiger partial charge in [-0.25, -0.2) is 0 Å². The van der Waals surface area contributed by atoms with Crippen LogP contribution in [0.2, 0.25) is 0 Å². The fraction of sp³-hybridized carbons (Fsp3) is 1.00. The Labute approximate surface area is 81.3 Å². The topological polar surface area (TPSA) is 55.5 Å². The quantitative estimate of drug-likeness (QED) is 0.563. The van der Waals surface area contributed by atoms with E-state index in [0.29, 0.717) is 13.0 Å². The first kappa shape index (κ1) is 12.9. The Bertz CT molecular complexity index is 107. The van der Waals surface area contributed by atoms with Gasteiger partial charge >= 0.3 is 0 Å². The van der Waals surface area contributed by atoms with Gasteiger partial charge in [0.1, 0.15) is 0 Å². The molecule has 0 spiro atoms. The summed E-state index contributed by atoms with van der Waals surface area (Å²) in [5.74, 6) is 0.745. The van der Waals surface area contributed by atoms with Gasteiger partial charge in [-0.2, -0.15) is 0 Å². The number of aliphatic hydroxyl groups is 1. The zero-order chi connectivity index (χ0) is 10.1. The molecular formula is C10H23NO2. The zero-order valence-electron chi connectivity index (χ0n) is 8.83. The number of hydrogen-bond acceptors (Lipinski definition) is 3. The minimum absolute atomic E-state index is 0.0101. The van der Waals surface area contributed by atoms with E-state index < -0.39 is 0 Å². The smallest absolute Gasteiger partial charge is 0.0618 e. The number of nitrogens with two attached hydrogens (primary N) is 1. The SMILES string of the molecule is CC(C)CCCOCC(N)CCO. The molecule has 3 nitrogen and oxygen atoms in total. The summed E-state index contributed by atoms with van der Waals surface area (Å²) in [6.45, 7) is 5.92. The van der Waals surface area contributed by atoms with Gasteiger partial charge in [-0.3, -0.25) is 0 Å². The summed E-state index contributed by atoms with van der Waals surface area (Å²) in [7, 11) is 0. The maximum absolute atomic E-state index is 8.58. The van der Waals surface area contributed by atoms with E-state index >= 15 is 0 Å². The number of hydrogen-bond donors (Lipinski definition) is 2. The van der Waals surface area contributed by atoms with Gasteiger partial charge in [-0.05, 0) is 25.2 Å². The second-order valence-corrected chi connectivity index (χ2v) is 3.88. The molecule has 0 aromatic heterocycles. The van der Waals surface area contributed by atoms with Crippen molar-refractivity contribution in [3.8, 4) is 0 Å². The fourth-order valence-corrected chi connectivity index (χ4v) is 1.08. The molecule has 0 bridgehead atoms. The number of aliphatic hydroxyl groups excluding tert-OH is 1. The van der Waals surface area contributed by atoms with Gasteiger partial charge in [0, 0.05) is 19.3 Å². The molecular weight excluding hydrogens is 166 g/mol. The van der Waals surface area contributed by atoms with Crippen LogP contribution in [0.15, 0.2) is 0 Å². The van der Waals surface area contributed by atoms with Gasteiger partial charge in [0.2, 0.25) is 0 Å². The Morgan fingerprint density at radius 3 is 2.54 bits per heavy atom. The molecule has 3 heteroatoms. The van der Waals surface area contributed by atoms with Crippen LogP contribution in [-0.2, 0) is 4.74 Å². The van der Waals surface area contributed by atoms with Crippen molar-refractivity contribution in [2.45, 2.75) is 39.2 Å². The van der Waals surface area contributed by atoms with Gasteiger partial charge in [-0.1, -0.05) is 13.8 Å². The standard InChI is InChI=1S/C10H23NO2/c1-9(2)4-3-7-13-8-10(11)5-6-12/h9-10,12H,3-8,11H2,1-2H3. The molecule has 0 aromatic rings. The summed E-state index contributed by atoms with van der Waals surface area (Å²) in [4.78, 5) is 0. The molecule has 0 saturated carbocycles. The molecule has 1 atom stereocenters. The van der Waals surface area contributed by atoms with Gasteiger partial charge in [-0.15, -0.1) is 0 Å². The lowest BCUT2D eigenvalue weighted by atomic mass is 10.1. The minimum Gasteiger partial charge on any atom is -0.396 e. The number of ether oxygens (including phenoxy) is 1. The monoisotopic (exact) mass is 189 g/mol. The maximum Gasteiger partial charge on any atom is 0.0618 e. The molecule has 13 heavy (non-hydrogen) atoms. The predicted molar refractivity (Wildman–Crippen MR) is 54.6 cm³/mol. The Hall–Kier alpha value is -0.120. The van der Waals surface area contributed by atoms with Gasteiger partial charge in [0.25, 0.3) is 0 Å². The molecule has 0 aliphatic rings. The van der Waals surface area contributed by atoms with Crippen LogP contribution in [0.5, 0.6) is 0 Å². The van der Waals surface area contributed by atoms with Crippen LogP contribution in [0.1, 0.15) is 33.1 Å². The third-order valence-corrected chi connectivity index (χ3v) is 1.90. The summed E-state index contributed by atoms with van der Waals surface area (Å²) in [6, 6.07) is -0.0101. The average Bonchev–Trinajstić information content (AvgIpc) is 2.03. The van der Waals surface area contributed by atoms with Crippen LogP contribution in [0.4, 0.5) is 0 Å². The second kappa shape index (κ2) is 8.48. The van der Waals surface area contributed by atoms with Crippen molar-refractivity contribution >= 4 is 0 Å². The Balaban J connectivity index is 3.06. The summed E-state index contributed by atoms with van der Waals surface area (Å²) in [6.07, 6.45) is 2.93. The van der Waals surface area contributed by atoms with Gasteiger partial charge in [0.05, 0.1) is 6.61 Å². The van der Waals surface area contributed by atoms with Crippen LogP contribution in [0.25, 0.3) is 0 Å². The highest BCUT2D eigenvalue weighted by molar-refractivity contribution is 4.58. The van der Waals surface area contributed by atoms with Crippen LogP contribution in [-0.4, -0.2) is 31.0 Å². The molecule has 0 heterocycles. The third-order valence-electron chi connectivity index (χ3n) is 1.90. The molecule has 3 N–H and O–H groups in total. The first-order valence-corrected chi connectivity index (χ1v) is 5.11. The zero-order valence-corrected chi connectivity index (χ0v) is 8.83. The Morgan fingerprint density at radius 1 is 1.31 bits per heavy atom. The summed E-state index contributed by atoms with van der Waals surface area (Å²) < 4.78 is 5.36. The van der Waals surface area contributed by atoms with Gasteiger partial charge < -0.3 is 15.6 Å². The van der Waals surface area contributed by atoms with E-state index in [4.69, 9.17) is 15.6 Å². The molecule has 0 rings (SSSR count). The molecule has 0 saturated heterocycles. The fourth-order valence-electron chi connectivity index (χ4n) is 1.08. The highest BCUT2D eigenvalue weighted by Crippen LogP contribution is 2.03. The Morgan fingerprint density at radius 2 is 2.00 bits per heavy atom. The highest BCUT2D eigenvalue weighted by Gasteiger charge is 2.01. The molecule has 0 fully saturated rings. The van der Waals surface area contributed by atoms with Crippen molar-refractivity contribution in [2.24, 2.45) is 11.7 Å². The Kier molecular flexibility index (Phi) is 8.40. The van der Waals surface area contributed by atoms with Crippen molar-refractivity contribution in [1.29, 1.82) is 0 Å². The van der Waals surface area contributed by atoms with Crippen LogP contribution in [0, 0.1) is 5.92 Å². The first-order valence-electron chi connectivity index (χ1n) is 5.11. The highest BCUT2D eigenvalue weighted by atomic mass is 16.5. The second-order valence-electron chi connectivity index (χ2n) is 3.88. The van der Waals surface area contributed by atoms with E-state index in [0.717, 1.165) is 18.9 Å². The van der Waals surface area contributed by atoms with Crippen molar-refractivity contribution in [1.82, 2.24) is 0 Å². The van der Waals surface area contributed by atoms with Crippen LogP contribution >= 0.6 is 0 Å². The predicted octanol–water partition coefficient (Wildman–Crippen LogP) is 1.15. The molecule has 0 aliphatic carbocycles. The summed E-state index contributed by atoms with van der Waals surface area (Å²) >= 11 is 0. The van der Waals surface area contributed by atoms with E-state index in [1.165, 1.54) is 6.42 Å². The van der Waals surface area contributed by atoms with Crippen molar-refractivity contribution in [3.05, 3.63) is 0 Å². The normalized spacial score (nSPS) is 13.6. The third kappa shape index (κ3) is 9.80. The molecule has 0 radical (unpaired) electrons. The van der Waals surface area contributed by atoms with Crippen LogP contribution < -0.4 is 5.73 Å². The first-order chi connectivity index (χ1) is 6.16. The lowest BCUT2D eigenvalue weighted by Crippen LogP contribution is -2.27. The number of rotatable bonds is 8. The van der Waals surface area contributed by atoms with E-state index in [1.807, 2.05) is 0 Å². The van der Waals surface area contributed by atoms with Crippen molar-refractivity contribution < 1.29 is 9.84 Å². The van der Waals surface area contributed by atoms with E-state index in [2.05, 4.69) is 13.8 Å². The van der Waals surface area contributed by atoms with Gasteiger partial charge in [0.15, 0.2) is 0 Å². The molecule has 1 unspecified atom stereocenters. The molecule has 0 amide bonds. The summed E-state index contributed by atoms with van der Waals surface area (Å²) in [5.41, 5.74) is 5.64. The lowest BCUT2D eigenvalue weighted by Gasteiger charge is -2.10. The minimum atomic E-state index is -0.0101. The van der Waals surface area contributed by atoms with E-state index in [1.54, 1.807) is 0 Å². The van der Waals surface area contributed by atoms with Crippen molar-refractivity contribution in [2.75, 3.05) is 19.8 Å². The lowest BCUT2D eigenvalue weighted by molar-refractivity contribution is 0.107. The average molecular weight is 189 g/mol.